The number of hydrogen-bond acceptors (Lipinski definition) is 5. The zero-order chi connectivity index (χ0) is 22.9. The van der Waals surface area contributed by atoms with Crippen LogP contribution in [0.2, 0.25) is 5.02 Å². The minimum Gasteiger partial charge on any atom is -0.349 e. The smallest absolute Gasteiger partial charge is 0.241 e. The number of benzene rings is 3. The summed E-state index contributed by atoms with van der Waals surface area (Å²) in [5, 5.41) is 0.220. The quantitative estimate of drug-likeness (QED) is 0.428. The molecular formula is C26H16ClNO5. The van der Waals surface area contributed by atoms with Gasteiger partial charge in [0.1, 0.15) is 0 Å². The number of para-hydroxylation sites is 1. The van der Waals surface area contributed by atoms with Crippen molar-refractivity contribution in [3.05, 3.63) is 101 Å². The number of imide groups is 1. The normalized spacial score (nSPS) is 25.1. The van der Waals surface area contributed by atoms with Crippen LogP contribution in [0, 0.1) is 11.8 Å². The maximum Gasteiger partial charge on any atom is 0.241 e. The molecule has 6 rings (SSSR count). The predicted octanol–water partition coefficient (Wildman–Crippen LogP) is 4.04. The maximum absolute atomic E-state index is 13.8. The summed E-state index contributed by atoms with van der Waals surface area (Å²) in [5.41, 5.74) is -0.848. The molecule has 0 unspecified atom stereocenters. The Morgan fingerprint density at radius 2 is 1.30 bits per heavy atom. The van der Waals surface area contributed by atoms with Crippen LogP contribution in [-0.4, -0.2) is 29.0 Å². The number of carbonyl (C=O) groups excluding carboxylic acids is 4. The number of carbonyl (C=O) groups is 4. The zero-order valence-electron chi connectivity index (χ0n) is 17.1. The van der Waals surface area contributed by atoms with Gasteiger partial charge in [0, 0.05) is 11.1 Å². The van der Waals surface area contributed by atoms with Gasteiger partial charge in [0.15, 0.2) is 0 Å². The van der Waals surface area contributed by atoms with Crippen molar-refractivity contribution in [1.82, 2.24) is 0 Å². The summed E-state index contributed by atoms with van der Waals surface area (Å²) in [7, 11) is 0. The Labute approximate surface area is 193 Å². The summed E-state index contributed by atoms with van der Waals surface area (Å²) in [4.78, 5) is 55.8. The Hall–Kier alpha value is -3.61. The molecule has 0 saturated carbocycles. The number of anilines is 1. The molecule has 7 heteroatoms. The minimum atomic E-state index is -2.09. The molecule has 2 aliphatic heterocycles. The molecule has 3 atom stereocenters. The lowest BCUT2D eigenvalue weighted by Crippen LogP contribution is -2.51. The molecule has 3 aromatic rings. The standard InChI is InChI=1S/C26H16ClNO5/c27-17-12-6-7-13-18(17)28-24(31)19-20(25(28)32)26(33-21(19)14-8-2-1-3-9-14)22(29)15-10-4-5-11-16(15)23(26)30/h1-13,19-21H/t19-,20+,21-/m0/s1. The second-order valence-electron chi connectivity index (χ2n) is 8.36. The average Bonchev–Trinajstić information content (AvgIpc) is 3.40. The maximum atomic E-state index is 13.8. The molecular weight excluding hydrogens is 442 g/mol. The van der Waals surface area contributed by atoms with Crippen LogP contribution in [0.4, 0.5) is 5.69 Å². The molecule has 6 nitrogen and oxygen atoms in total. The molecule has 0 aromatic heterocycles. The molecule has 0 bridgehead atoms. The number of rotatable bonds is 2. The number of Topliss-reactive ketones (excluding diaryl/α,β-unsaturated/α-hetero) is 2. The van der Waals surface area contributed by atoms with Gasteiger partial charge in [-0.05, 0) is 17.7 Å². The molecule has 2 amide bonds. The van der Waals surface area contributed by atoms with Crippen molar-refractivity contribution >= 4 is 40.7 Å². The second kappa shape index (κ2) is 6.94. The van der Waals surface area contributed by atoms with Gasteiger partial charge < -0.3 is 4.74 Å². The van der Waals surface area contributed by atoms with Gasteiger partial charge in [-0.25, -0.2) is 4.90 Å². The SMILES string of the molecule is O=C1[C@@H]2[C@H](c3ccccc3)OC3(C(=O)c4ccccc4C3=O)[C@H]2C(=O)N1c1ccccc1Cl. The van der Waals surface area contributed by atoms with Crippen LogP contribution in [0.1, 0.15) is 32.4 Å². The number of nitrogens with zero attached hydrogens (tertiary/aromatic N) is 1. The fourth-order valence-electron chi connectivity index (χ4n) is 5.33. The summed E-state index contributed by atoms with van der Waals surface area (Å²) in [5.74, 6) is -4.71. The summed E-state index contributed by atoms with van der Waals surface area (Å²) in [6, 6.07) is 21.8. The van der Waals surface area contributed by atoms with Gasteiger partial charge in [-0.2, -0.15) is 0 Å². The van der Waals surface area contributed by atoms with Crippen LogP contribution in [0.3, 0.4) is 0 Å². The number of hydrogen-bond donors (Lipinski definition) is 0. The van der Waals surface area contributed by atoms with Gasteiger partial charge in [-0.1, -0.05) is 78.3 Å². The molecule has 3 aliphatic rings. The second-order valence-corrected chi connectivity index (χ2v) is 8.76. The monoisotopic (exact) mass is 457 g/mol. The predicted molar refractivity (Wildman–Crippen MR) is 119 cm³/mol. The van der Waals surface area contributed by atoms with Gasteiger partial charge in [0.05, 0.1) is 28.6 Å². The number of fused-ring (bicyclic) bond motifs is 3. The number of amides is 2. The van der Waals surface area contributed by atoms with E-state index in [0.717, 1.165) is 4.90 Å². The highest BCUT2D eigenvalue weighted by atomic mass is 35.5. The van der Waals surface area contributed by atoms with Crippen LogP contribution in [0.25, 0.3) is 0 Å². The van der Waals surface area contributed by atoms with Gasteiger partial charge in [0.25, 0.3) is 0 Å². The molecule has 1 spiro atoms. The third-order valence-corrected chi connectivity index (χ3v) is 7.06. The average molecular weight is 458 g/mol. The third-order valence-electron chi connectivity index (χ3n) is 6.74. The Balaban J connectivity index is 1.57. The van der Waals surface area contributed by atoms with Crippen LogP contribution in [-0.2, 0) is 14.3 Å². The van der Waals surface area contributed by atoms with E-state index in [4.69, 9.17) is 16.3 Å². The molecule has 0 N–H and O–H groups in total. The van der Waals surface area contributed by atoms with E-state index in [2.05, 4.69) is 0 Å². The molecule has 1 aliphatic carbocycles. The van der Waals surface area contributed by atoms with E-state index in [0.29, 0.717) is 5.56 Å². The van der Waals surface area contributed by atoms with Crippen LogP contribution in [0.5, 0.6) is 0 Å². The highest BCUT2D eigenvalue weighted by Crippen LogP contribution is 2.58. The van der Waals surface area contributed by atoms with Crippen molar-refractivity contribution < 1.29 is 23.9 Å². The Kier molecular flexibility index (Phi) is 4.21. The molecule has 33 heavy (non-hydrogen) atoms. The lowest BCUT2D eigenvalue weighted by molar-refractivity contribution is -0.127. The molecule has 3 aromatic carbocycles. The van der Waals surface area contributed by atoms with E-state index >= 15 is 0 Å². The van der Waals surface area contributed by atoms with Gasteiger partial charge in [0.2, 0.25) is 29.0 Å². The molecule has 162 valence electrons. The van der Waals surface area contributed by atoms with Crippen molar-refractivity contribution in [3.8, 4) is 0 Å². The Bertz CT molecular complexity index is 1330. The number of ketones is 2. The van der Waals surface area contributed by atoms with Crippen molar-refractivity contribution in [3.63, 3.8) is 0 Å². The minimum absolute atomic E-state index is 0.200. The highest BCUT2D eigenvalue weighted by Gasteiger charge is 2.74. The van der Waals surface area contributed by atoms with Gasteiger partial charge >= 0.3 is 0 Å². The summed E-state index contributed by atoms with van der Waals surface area (Å²) in [6.07, 6.45) is -0.942. The molecule has 2 heterocycles. The van der Waals surface area contributed by atoms with Crippen molar-refractivity contribution in [2.75, 3.05) is 4.90 Å². The highest BCUT2D eigenvalue weighted by molar-refractivity contribution is 6.39. The first kappa shape index (κ1) is 20.0. The van der Waals surface area contributed by atoms with E-state index in [1.807, 2.05) is 6.07 Å². The largest absolute Gasteiger partial charge is 0.349 e. The fourth-order valence-corrected chi connectivity index (χ4v) is 5.55. The molecule has 2 saturated heterocycles. The van der Waals surface area contributed by atoms with E-state index in [1.54, 1.807) is 72.8 Å². The van der Waals surface area contributed by atoms with Crippen LogP contribution >= 0.6 is 11.6 Å². The lowest BCUT2D eigenvalue weighted by Gasteiger charge is -2.27. The first-order chi connectivity index (χ1) is 16.0. The molecule has 2 fully saturated rings. The van der Waals surface area contributed by atoms with E-state index in [9.17, 15) is 19.2 Å². The summed E-state index contributed by atoms with van der Waals surface area (Å²) < 4.78 is 6.22. The van der Waals surface area contributed by atoms with Crippen LogP contribution < -0.4 is 4.90 Å². The van der Waals surface area contributed by atoms with Crippen molar-refractivity contribution in [2.45, 2.75) is 11.7 Å². The van der Waals surface area contributed by atoms with E-state index in [-0.39, 0.29) is 21.8 Å². The van der Waals surface area contributed by atoms with Gasteiger partial charge in [-0.3, -0.25) is 19.2 Å². The Morgan fingerprint density at radius 3 is 1.94 bits per heavy atom. The Morgan fingerprint density at radius 1 is 0.727 bits per heavy atom. The van der Waals surface area contributed by atoms with E-state index in [1.165, 1.54) is 0 Å². The van der Waals surface area contributed by atoms with Crippen molar-refractivity contribution in [2.24, 2.45) is 11.8 Å². The fraction of sp³-hybridized carbons (Fsp3) is 0.154. The first-order valence-corrected chi connectivity index (χ1v) is 10.9. The summed E-state index contributed by atoms with van der Waals surface area (Å²) in [6.45, 7) is 0. The zero-order valence-corrected chi connectivity index (χ0v) is 17.9. The van der Waals surface area contributed by atoms with Gasteiger partial charge in [-0.15, -0.1) is 0 Å². The number of halogens is 1. The van der Waals surface area contributed by atoms with Crippen molar-refractivity contribution in [1.29, 1.82) is 0 Å². The number of ether oxygens (including phenoxy) is 1. The lowest BCUT2D eigenvalue weighted by atomic mass is 9.77. The van der Waals surface area contributed by atoms with E-state index < -0.39 is 46.9 Å². The third kappa shape index (κ3) is 2.47. The van der Waals surface area contributed by atoms with Crippen LogP contribution in [0.15, 0.2) is 78.9 Å². The molecule has 0 radical (unpaired) electrons. The summed E-state index contributed by atoms with van der Waals surface area (Å²) >= 11 is 6.32. The first-order valence-electron chi connectivity index (χ1n) is 10.5. The topological polar surface area (TPSA) is 80.8 Å².